The third-order valence-electron chi connectivity index (χ3n) is 3.51. The van der Waals surface area contributed by atoms with Gasteiger partial charge in [0, 0.05) is 5.41 Å². The number of halogens is 2. The number of benzene rings is 1. The molecule has 2 nitrogen and oxygen atoms in total. The summed E-state index contributed by atoms with van der Waals surface area (Å²) < 4.78 is 31.3. The molecule has 1 aliphatic rings. The highest BCUT2D eigenvalue weighted by molar-refractivity contribution is 5.30. The average molecular weight is 227 g/mol. The fourth-order valence-corrected chi connectivity index (χ4v) is 2.09. The van der Waals surface area contributed by atoms with Gasteiger partial charge in [-0.2, -0.15) is 0 Å². The van der Waals surface area contributed by atoms with Crippen LogP contribution < -0.4 is 5.73 Å². The molecule has 4 heteroatoms. The molecule has 0 radical (unpaired) electrons. The Bertz CT molecular complexity index is 391. The van der Waals surface area contributed by atoms with E-state index in [-0.39, 0.29) is 11.3 Å². The second-order valence-corrected chi connectivity index (χ2v) is 4.41. The molecule has 0 saturated carbocycles. The normalized spacial score (nSPS) is 20.2. The first-order valence-corrected chi connectivity index (χ1v) is 5.33. The molecule has 0 aromatic heterocycles. The maximum Gasteiger partial charge on any atom is 0.159 e. The highest BCUT2D eigenvalue weighted by Gasteiger charge is 2.44. The lowest BCUT2D eigenvalue weighted by Crippen LogP contribution is -2.53. The summed E-state index contributed by atoms with van der Waals surface area (Å²) in [5.74, 6) is -1.45. The van der Waals surface area contributed by atoms with Crippen LogP contribution in [0.3, 0.4) is 0 Å². The number of nitrogens with two attached hydrogens (primary N) is 1. The Labute approximate surface area is 93.4 Å². The molecule has 1 fully saturated rings. The average Bonchev–Trinajstić information content (AvgIpc) is 2.21. The fraction of sp³-hybridized carbons (Fsp3) is 0.500. The maximum absolute atomic E-state index is 13.2. The number of hydrogen-bond donors (Lipinski definition) is 1. The van der Waals surface area contributed by atoms with Crippen LogP contribution in [-0.2, 0) is 10.2 Å². The first-order chi connectivity index (χ1) is 7.60. The first-order valence-electron chi connectivity index (χ1n) is 5.33. The molecule has 1 saturated heterocycles. The van der Waals surface area contributed by atoms with Crippen LogP contribution in [0.4, 0.5) is 8.78 Å². The predicted octanol–water partition coefficient (Wildman–Crippen LogP) is 1.83. The molecular formula is C12H15F2NO. The van der Waals surface area contributed by atoms with Crippen LogP contribution in [-0.4, -0.2) is 19.8 Å². The molecule has 1 aliphatic heterocycles. The molecule has 0 amide bonds. The molecule has 0 bridgehead atoms. The van der Waals surface area contributed by atoms with Gasteiger partial charge in [-0.25, -0.2) is 8.78 Å². The van der Waals surface area contributed by atoms with E-state index in [1.54, 1.807) is 6.07 Å². The molecule has 0 spiro atoms. The van der Waals surface area contributed by atoms with Gasteiger partial charge in [-0.15, -0.1) is 0 Å². The summed E-state index contributed by atoms with van der Waals surface area (Å²) in [5, 5.41) is 0. The summed E-state index contributed by atoms with van der Waals surface area (Å²) in [6.45, 7) is 3.55. The molecule has 0 aliphatic carbocycles. The standard InChI is InChI=1S/C12H15F2NO/c1-8(5-15)12(6-16-7-12)9-2-3-10(13)11(14)4-9/h2-4,8H,5-7,15H2,1H3. The van der Waals surface area contributed by atoms with Crippen LogP contribution >= 0.6 is 0 Å². The van der Waals surface area contributed by atoms with Crippen LogP contribution in [0, 0.1) is 17.6 Å². The molecule has 88 valence electrons. The highest BCUT2D eigenvalue weighted by atomic mass is 19.2. The zero-order chi connectivity index (χ0) is 11.8. The van der Waals surface area contributed by atoms with Gasteiger partial charge in [0.1, 0.15) is 0 Å². The van der Waals surface area contributed by atoms with E-state index in [1.807, 2.05) is 6.92 Å². The smallest absolute Gasteiger partial charge is 0.159 e. The largest absolute Gasteiger partial charge is 0.379 e. The lowest BCUT2D eigenvalue weighted by atomic mass is 9.69. The number of rotatable bonds is 3. The SMILES string of the molecule is CC(CN)C1(c2ccc(F)c(F)c2)COC1. The molecular weight excluding hydrogens is 212 g/mol. The summed E-state index contributed by atoms with van der Waals surface area (Å²) >= 11 is 0. The van der Waals surface area contributed by atoms with Gasteiger partial charge in [-0.3, -0.25) is 0 Å². The minimum Gasteiger partial charge on any atom is -0.379 e. The number of hydrogen-bond acceptors (Lipinski definition) is 2. The van der Waals surface area contributed by atoms with Gasteiger partial charge in [0.25, 0.3) is 0 Å². The van der Waals surface area contributed by atoms with Gasteiger partial charge in [-0.1, -0.05) is 13.0 Å². The van der Waals surface area contributed by atoms with Crippen LogP contribution in [0.5, 0.6) is 0 Å². The molecule has 1 aromatic carbocycles. The van der Waals surface area contributed by atoms with Gasteiger partial charge in [0.15, 0.2) is 11.6 Å². The lowest BCUT2D eigenvalue weighted by Gasteiger charge is -2.46. The molecule has 2 rings (SSSR count). The molecule has 1 atom stereocenters. The van der Waals surface area contributed by atoms with Crippen molar-refractivity contribution in [1.29, 1.82) is 0 Å². The van der Waals surface area contributed by atoms with Crippen molar-refractivity contribution < 1.29 is 13.5 Å². The zero-order valence-corrected chi connectivity index (χ0v) is 9.17. The third kappa shape index (κ3) is 1.62. The lowest BCUT2D eigenvalue weighted by molar-refractivity contribution is -0.0855. The van der Waals surface area contributed by atoms with Crippen molar-refractivity contribution >= 4 is 0 Å². The van der Waals surface area contributed by atoms with Crippen molar-refractivity contribution in [2.24, 2.45) is 11.7 Å². The quantitative estimate of drug-likeness (QED) is 0.855. The van der Waals surface area contributed by atoms with Gasteiger partial charge in [0.2, 0.25) is 0 Å². The molecule has 1 unspecified atom stereocenters. The Kier molecular flexibility index (Phi) is 2.95. The van der Waals surface area contributed by atoms with Crippen LogP contribution in [0.1, 0.15) is 12.5 Å². The van der Waals surface area contributed by atoms with Crippen molar-refractivity contribution in [1.82, 2.24) is 0 Å². The molecule has 1 aromatic rings. The van der Waals surface area contributed by atoms with E-state index in [0.717, 1.165) is 11.6 Å². The third-order valence-corrected chi connectivity index (χ3v) is 3.51. The summed E-state index contributed by atoms with van der Waals surface area (Å²) in [4.78, 5) is 0. The predicted molar refractivity (Wildman–Crippen MR) is 57.1 cm³/mol. The molecule has 2 N–H and O–H groups in total. The van der Waals surface area contributed by atoms with E-state index < -0.39 is 11.6 Å². The second-order valence-electron chi connectivity index (χ2n) is 4.41. The van der Waals surface area contributed by atoms with E-state index in [9.17, 15) is 8.78 Å². The second kappa shape index (κ2) is 4.11. The highest BCUT2D eigenvalue weighted by Crippen LogP contribution is 2.39. The van der Waals surface area contributed by atoms with Crippen molar-refractivity contribution in [2.45, 2.75) is 12.3 Å². The van der Waals surface area contributed by atoms with E-state index in [4.69, 9.17) is 10.5 Å². The summed E-state index contributed by atoms with van der Waals surface area (Å²) in [6.07, 6.45) is 0. The minimum atomic E-state index is -0.820. The molecule has 16 heavy (non-hydrogen) atoms. The Morgan fingerprint density at radius 1 is 1.38 bits per heavy atom. The summed E-state index contributed by atoms with van der Waals surface area (Å²) in [6, 6.07) is 4.03. The molecule has 1 heterocycles. The van der Waals surface area contributed by atoms with Crippen molar-refractivity contribution in [3.63, 3.8) is 0 Å². The van der Waals surface area contributed by atoms with Crippen LogP contribution in [0.2, 0.25) is 0 Å². The van der Waals surface area contributed by atoms with E-state index in [0.29, 0.717) is 19.8 Å². The Balaban J connectivity index is 2.37. The van der Waals surface area contributed by atoms with Gasteiger partial charge in [-0.05, 0) is 30.2 Å². The van der Waals surface area contributed by atoms with E-state index in [1.165, 1.54) is 6.07 Å². The Hall–Kier alpha value is -1.00. The van der Waals surface area contributed by atoms with Crippen molar-refractivity contribution in [3.8, 4) is 0 Å². The maximum atomic E-state index is 13.2. The summed E-state index contributed by atoms with van der Waals surface area (Å²) in [5.41, 5.74) is 6.18. The number of ether oxygens (including phenoxy) is 1. The minimum absolute atomic E-state index is 0.186. The van der Waals surface area contributed by atoms with Crippen molar-refractivity contribution in [3.05, 3.63) is 35.4 Å². The van der Waals surface area contributed by atoms with Crippen LogP contribution in [0.15, 0.2) is 18.2 Å². The van der Waals surface area contributed by atoms with Crippen molar-refractivity contribution in [2.75, 3.05) is 19.8 Å². The van der Waals surface area contributed by atoms with Gasteiger partial charge >= 0.3 is 0 Å². The van der Waals surface area contributed by atoms with Gasteiger partial charge < -0.3 is 10.5 Å². The Morgan fingerprint density at radius 2 is 2.06 bits per heavy atom. The zero-order valence-electron chi connectivity index (χ0n) is 9.17. The van der Waals surface area contributed by atoms with E-state index >= 15 is 0 Å². The summed E-state index contributed by atoms with van der Waals surface area (Å²) in [7, 11) is 0. The van der Waals surface area contributed by atoms with Crippen LogP contribution in [0.25, 0.3) is 0 Å². The Morgan fingerprint density at radius 3 is 2.50 bits per heavy atom. The fourth-order valence-electron chi connectivity index (χ4n) is 2.09. The first kappa shape index (κ1) is 11.5. The van der Waals surface area contributed by atoms with Gasteiger partial charge in [0.05, 0.1) is 13.2 Å². The topological polar surface area (TPSA) is 35.2 Å². The van der Waals surface area contributed by atoms with E-state index in [2.05, 4.69) is 0 Å². The monoisotopic (exact) mass is 227 g/mol.